The van der Waals surface area contributed by atoms with Crippen molar-refractivity contribution in [1.29, 1.82) is 0 Å². The number of hydrogen-bond donors (Lipinski definition) is 1. The summed E-state index contributed by atoms with van der Waals surface area (Å²) in [5.41, 5.74) is -0.109. The van der Waals surface area contributed by atoms with Crippen LogP contribution in [-0.2, 0) is 11.3 Å². The van der Waals surface area contributed by atoms with Crippen LogP contribution in [0.2, 0.25) is 0 Å². The molecule has 19 heavy (non-hydrogen) atoms. The Kier molecular flexibility index (Phi) is 5.76. The second-order valence-electron chi connectivity index (χ2n) is 4.97. The third-order valence-corrected chi connectivity index (χ3v) is 2.87. The van der Waals surface area contributed by atoms with E-state index in [0.29, 0.717) is 13.1 Å². The van der Waals surface area contributed by atoms with Crippen LogP contribution in [0.15, 0.2) is 29.2 Å². The molecule has 1 atom stereocenters. The number of aromatic nitrogens is 1. The van der Waals surface area contributed by atoms with Crippen LogP contribution in [0.4, 0.5) is 0 Å². The number of nitrogens with zero attached hydrogens (tertiary/aromatic N) is 2. The summed E-state index contributed by atoms with van der Waals surface area (Å²) in [5, 5.41) is 9.40. The van der Waals surface area contributed by atoms with Crippen LogP contribution in [0, 0.1) is 0 Å². The van der Waals surface area contributed by atoms with Crippen molar-refractivity contribution in [3.8, 4) is 0 Å². The molecule has 0 aliphatic heterocycles. The molecular weight excluding hydrogens is 244 g/mol. The molecule has 0 fully saturated rings. The lowest BCUT2D eigenvalue weighted by Gasteiger charge is -2.28. The van der Waals surface area contributed by atoms with E-state index in [4.69, 9.17) is 0 Å². The van der Waals surface area contributed by atoms with E-state index < -0.39 is 6.10 Å². The number of aliphatic hydroxyl groups excluding tert-OH is 1. The first-order chi connectivity index (χ1) is 8.91. The summed E-state index contributed by atoms with van der Waals surface area (Å²) in [5.74, 6) is -0.0494. The highest BCUT2D eigenvalue weighted by Gasteiger charge is 2.18. The zero-order valence-electron chi connectivity index (χ0n) is 11.7. The van der Waals surface area contributed by atoms with Gasteiger partial charge in [0, 0.05) is 37.8 Å². The Balaban J connectivity index is 2.63. The lowest BCUT2D eigenvalue weighted by molar-refractivity contribution is -0.134. The molecule has 1 heterocycles. The second kappa shape index (κ2) is 7.09. The number of amides is 1. The van der Waals surface area contributed by atoms with Crippen molar-refractivity contribution in [3.63, 3.8) is 0 Å². The van der Waals surface area contributed by atoms with Crippen molar-refractivity contribution in [2.45, 2.75) is 45.9 Å². The van der Waals surface area contributed by atoms with Crippen LogP contribution in [-0.4, -0.2) is 39.2 Å². The van der Waals surface area contributed by atoms with Gasteiger partial charge in [-0.05, 0) is 26.8 Å². The Morgan fingerprint density at radius 3 is 2.58 bits per heavy atom. The molecule has 1 amide bonds. The molecule has 1 N–H and O–H groups in total. The summed E-state index contributed by atoms with van der Waals surface area (Å²) in [6.45, 7) is 6.16. The van der Waals surface area contributed by atoms with E-state index >= 15 is 0 Å². The molecule has 0 saturated carbocycles. The zero-order valence-corrected chi connectivity index (χ0v) is 11.7. The summed E-state index contributed by atoms with van der Waals surface area (Å²) < 4.78 is 1.51. The topological polar surface area (TPSA) is 62.5 Å². The van der Waals surface area contributed by atoms with Gasteiger partial charge in [0.2, 0.25) is 5.91 Å². The summed E-state index contributed by atoms with van der Waals surface area (Å²) in [6.07, 6.45) is 1.38. The number of aryl methyl sites for hydroxylation is 1. The van der Waals surface area contributed by atoms with Gasteiger partial charge in [0.05, 0.1) is 6.10 Å². The first-order valence-electron chi connectivity index (χ1n) is 6.55. The van der Waals surface area contributed by atoms with E-state index in [-0.39, 0.29) is 23.9 Å². The number of carbonyl (C=O) groups excluding carboxylic acids is 1. The van der Waals surface area contributed by atoms with Gasteiger partial charge in [-0.2, -0.15) is 0 Å². The van der Waals surface area contributed by atoms with Gasteiger partial charge in [0.25, 0.3) is 5.56 Å². The first kappa shape index (κ1) is 15.4. The molecule has 1 rings (SSSR count). The highest BCUT2D eigenvalue weighted by Crippen LogP contribution is 2.04. The monoisotopic (exact) mass is 266 g/mol. The highest BCUT2D eigenvalue weighted by molar-refractivity contribution is 5.76. The van der Waals surface area contributed by atoms with Gasteiger partial charge in [-0.3, -0.25) is 9.59 Å². The zero-order chi connectivity index (χ0) is 14.4. The molecule has 5 nitrogen and oxygen atoms in total. The normalized spacial score (nSPS) is 12.5. The predicted octanol–water partition coefficient (Wildman–Crippen LogP) is 0.856. The van der Waals surface area contributed by atoms with Crippen LogP contribution >= 0.6 is 0 Å². The maximum absolute atomic E-state index is 12.1. The van der Waals surface area contributed by atoms with Crippen LogP contribution < -0.4 is 5.56 Å². The molecule has 0 radical (unpaired) electrons. The minimum absolute atomic E-state index is 0.0367. The predicted molar refractivity (Wildman–Crippen MR) is 73.8 cm³/mol. The molecule has 0 bridgehead atoms. The van der Waals surface area contributed by atoms with Gasteiger partial charge in [-0.25, -0.2) is 0 Å². The lowest BCUT2D eigenvalue weighted by Crippen LogP contribution is -2.41. The summed E-state index contributed by atoms with van der Waals surface area (Å²) in [7, 11) is 0. The van der Waals surface area contributed by atoms with Gasteiger partial charge in [0.1, 0.15) is 0 Å². The van der Waals surface area contributed by atoms with E-state index in [1.807, 2.05) is 13.8 Å². The van der Waals surface area contributed by atoms with E-state index in [1.54, 1.807) is 30.2 Å². The average molecular weight is 266 g/mol. The van der Waals surface area contributed by atoms with E-state index in [9.17, 15) is 14.7 Å². The molecule has 0 aliphatic carbocycles. The molecule has 1 unspecified atom stereocenters. The molecule has 0 saturated heterocycles. The molecule has 106 valence electrons. The molecule has 1 aromatic heterocycles. The van der Waals surface area contributed by atoms with Gasteiger partial charge in [0.15, 0.2) is 0 Å². The standard InChI is InChI=1S/C14H22N2O3/c1-11(2)16(10-12(3)17)14(19)7-9-15-8-5-4-6-13(15)18/h4-6,8,11-12,17H,7,9-10H2,1-3H3. The summed E-state index contributed by atoms with van der Waals surface area (Å²) in [6, 6.07) is 4.95. The Hall–Kier alpha value is -1.62. The third-order valence-electron chi connectivity index (χ3n) is 2.87. The minimum atomic E-state index is -0.550. The molecule has 5 heteroatoms. The maximum atomic E-state index is 12.1. The molecule has 0 aromatic carbocycles. The minimum Gasteiger partial charge on any atom is -0.392 e. The summed E-state index contributed by atoms with van der Waals surface area (Å²) in [4.78, 5) is 25.3. The van der Waals surface area contributed by atoms with Gasteiger partial charge < -0.3 is 14.6 Å². The van der Waals surface area contributed by atoms with Gasteiger partial charge in [-0.15, -0.1) is 0 Å². The van der Waals surface area contributed by atoms with Crippen molar-refractivity contribution in [2.24, 2.45) is 0 Å². The maximum Gasteiger partial charge on any atom is 0.250 e. The van der Waals surface area contributed by atoms with Crippen molar-refractivity contribution in [3.05, 3.63) is 34.7 Å². The molecule has 1 aromatic rings. The van der Waals surface area contributed by atoms with Crippen LogP contribution in [0.1, 0.15) is 27.2 Å². The Morgan fingerprint density at radius 1 is 1.37 bits per heavy atom. The number of carbonyl (C=O) groups is 1. The lowest BCUT2D eigenvalue weighted by atomic mass is 10.2. The number of rotatable bonds is 6. The van der Waals surface area contributed by atoms with Crippen molar-refractivity contribution in [1.82, 2.24) is 9.47 Å². The van der Waals surface area contributed by atoms with E-state index in [2.05, 4.69) is 0 Å². The molecule has 0 spiro atoms. The number of pyridine rings is 1. The highest BCUT2D eigenvalue weighted by atomic mass is 16.3. The van der Waals surface area contributed by atoms with E-state index in [1.165, 1.54) is 10.6 Å². The average Bonchev–Trinajstić information content (AvgIpc) is 2.34. The largest absolute Gasteiger partial charge is 0.392 e. The number of hydrogen-bond acceptors (Lipinski definition) is 3. The fourth-order valence-corrected chi connectivity index (χ4v) is 1.89. The number of aliphatic hydroxyl groups is 1. The smallest absolute Gasteiger partial charge is 0.250 e. The van der Waals surface area contributed by atoms with Gasteiger partial charge in [-0.1, -0.05) is 6.07 Å². The SMILES string of the molecule is CC(O)CN(C(=O)CCn1ccccc1=O)C(C)C. The van der Waals surface area contributed by atoms with Crippen LogP contribution in [0.5, 0.6) is 0 Å². The van der Waals surface area contributed by atoms with Crippen LogP contribution in [0.25, 0.3) is 0 Å². The second-order valence-corrected chi connectivity index (χ2v) is 4.97. The fourth-order valence-electron chi connectivity index (χ4n) is 1.89. The van der Waals surface area contributed by atoms with Gasteiger partial charge >= 0.3 is 0 Å². The Bertz CT molecular complexity index is 466. The van der Waals surface area contributed by atoms with Crippen molar-refractivity contribution in [2.75, 3.05) is 6.54 Å². The Morgan fingerprint density at radius 2 is 2.05 bits per heavy atom. The molecular formula is C14H22N2O3. The summed E-state index contributed by atoms with van der Waals surface area (Å²) >= 11 is 0. The quantitative estimate of drug-likeness (QED) is 0.830. The third kappa shape index (κ3) is 4.87. The van der Waals surface area contributed by atoms with E-state index in [0.717, 1.165) is 0 Å². The van der Waals surface area contributed by atoms with Crippen molar-refractivity contribution < 1.29 is 9.90 Å². The first-order valence-corrected chi connectivity index (χ1v) is 6.55. The Labute approximate surface area is 113 Å². The molecule has 0 aliphatic rings. The van der Waals surface area contributed by atoms with Crippen LogP contribution in [0.3, 0.4) is 0 Å². The fraction of sp³-hybridized carbons (Fsp3) is 0.571. The van der Waals surface area contributed by atoms with Crippen molar-refractivity contribution >= 4 is 5.91 Å².